The van der Waals surface area contributed by atoms with Gasteiger partial charge in [-0.05, 0) is 37.1 Å². The fourth-order valence-corrected chi connectivity index (χ4v) is 1.84. The fraction of sp³-hybridized carbons (Fsp3) is 0.353. The van der Waals surface area contributed by atoms with E-state index in [1.165, 1.54) is 13.2 Å². The molecular weight excluding hydrogens is 282 g/mol. The summed E-state index contributed by atoms with van der Waals surface area (Å²) >= 11 is 0. The highest BCUT2D eigenvalue weighted by atomic mass is 16.5. The topological polar surface area (TPSA) is 56.8 Å². The van der Waals surface area contributed by atoms with Crippen LogP contribution in [0.5, 0.6) is 11.5 Å². The predicted molar refractivity (Wildman–Crippen MR) is 86.2 cm³/mol. The molecule has 0 saturated heterocycles. The second-order valence-electron chi connectivity index (χ2n) is 4.60. The highest BCUT2D eigenvalue weighted by Crippen LogP contribution is 2.27. The molecule has 0 heterocycles. The maximum Gasteiger partial charge on any atom is 0.330 e. The number of carbonyl (C=O) groups is 1. The lowest BCUT2D eigenvalue weighted by atomic mass is 10.1. The van der Waals surface area contributed by atoms with E-state index in [-0.39, 0.29) is 5.97 Å². The van der Waals surface area contributed by atoms with Crippen LogP contribution in [0.15, 0.2) is 42.1 Å². The van der Waals surface area contributed by atoms with Gasteiger partial charge in [0.05, 0.1) is 21.3 Å². The van der Waals surface area contributed by atoms with Crippen molar-refractivity contribution in [2.24, 2.45) is 0 Å². The standard InChI is InChI=1S/C17H23NO4/c1-13(6-5-7-17(19)22-4)18-11-10-14-8-9-15(20-2)16(12-14)21-3/h5-9,12,18H,10-11H2,1-4H3/b7-5+,13-6+. The lowest BCUT2D eigenvalue weighted by Gasteiger charge is -2.10. The number of nitrogens with one attached hydrogen (secondary N) is 1. The number of hydrogen-bond acceptors (Lipinski definition) is 5. The Labute approximate surface area is 131 Å². The van der Waals surface area contributed by atoms with Crippen LogP contribution in [0.1, 0.15) is 12.5 Å². The van der Waals surface area contributed by atoms with E-state index in [0.29, 0.717) is 0 Å². The van der Waals surface area contributed by atoms with E-state index >= 15 is 0 Å². The molecule has 0 aliphatic rings. The number of hydrogen-bond donors (Lipinski definition) is 1. The Morgan fingerprint density at radius 2 is 1.91 bits per heavy atom. The molecule has 0 radical (unpaired) electrons. The van der Waals surface area contributed by atoms with Crippen LogP contribution in [-0.4, -0.2) is 33.8 Å². The number of methoxy groups -OCH3 is 3. The van der Waals surface area contributed by atoms with E-state index in [1.807, 2.05) is 31.2 Å². The maximum absolute atomic E-state index is 10.9. The van der Waals surface area contributed by atoms with Gasteiger partial charge in [0.2, 0.25) is 0 Å². The minimum atomic E-state index is -0.366. The number of carbonyl (C=O) groups excluding carboxylic acids is 1. The number of esters is 1. The summed E-state index contributed by atoms with van der Waals surface area (Å²) in [5, 5.41) is 3.27. The summed E-state index contributed by atoms with van der Waals surface area (Å²) in [5.74, 6) is 1.09. The monoisotopic (exact) mass is 305 g/mol. The van der Waals surface area contributed by atoms with E-state index in [4.69, 9.17) is 9.47 Å². The van der Waals surface area contributed by atoms with Gasteiger partial charge in [-0.2, -0.15) is 0 Å². The first-order valence-corrected chi connectivity index (χ1v) is 6.98. The third kappa shape index (κ3) is 5.91. The van der Waals surface area contributed by atoms with Crippen molar-refractivity contribution in [2.75, 3.05) is 27.9 Å². The molecule has 0 spiro atoms. The van der Waals surface area contributed by atoms with Gasteiger partial charge in [0.1, 0.15) is 0 Å². The minimum Gasteiger partial charge on any atom is -0.493 e. The molecule has 0 bridgehead atoms. The van der Waals surface area contributed by atoms with Crippen LogP contribution in [0.25, 0.3) is 0 Å². The van der Waals surface area contributed by atoms with Crippen molar-refractivity contribution < 1.29 is 19.0 Å². The van der Waals surface area contributed by atoms with Crippen LogP contribution < -0.4 is 14.8 Å². The molecule has 1 aromatic carbocycles. The Morgan fingerprint density at radius 1 is 1.18 bits per heavy atom. The first-order chi connectivity index (χ1) is 10.6. The van der Waals surface area contributed by atoms with Crippen LogP contribution in [0, 0.1) is 0 Å². The summed E-state index contributed by atoms with van der Waals surface area (Å²) in [6, 6.07) is 5.88. The molecule has 5 heteroatoms. The van der Waals surface area contributed by atoms with E-state index in [9.17, 15) is 4.79 Å². The van der Waals surface area contributed by atoms with Gasteiger partial charge >= 0.3 is 5.97 Å². The van der Waals surface area contributed by atoms with Crippen molar-refractivity contribution in [3.05, 3.63) is 47.7 Å². The molecule has 22 heavy (non-hydrogen) atoms. The second kappa shape index (κ2) is 9.50. The van der Waals surface area contributed by atoms with Crippen molar-refractivity contribution in [3.8, 4) is 11.5 Å². The Hall–Kier alpha value is -2.43. The molecule has 0 aliphatic heterocycles. The van der Waals surface area contributed by atoms with E-state index in [0.717, 1.165) is 35.7 Å². The minimum absolute atomic E-state index is 0.366. The summed E-state index contributed by atoms with van der Waals surface area (Å²) in [7, 11) is 4.60. The van der Waals surface area contributed by atoms with Crippen LogP contribution in [0.3, 0.4) is 0 Å². The predicted octanol–water partition coefficient (Wildman–Crippen LogP) is 2.47. The molecule has 0 aromatic heterocycles. The Kier molecular flexibility index (Phi) is 7.61. The van der Waals surface area contributed by atoms with E-state index in [2.05, 4.69) is 10.1 Å². The SMILES string of the molecule is COC(=O)/C=C/C=C(\C)NCCc1ccc(OC)c(OC)c1. The number of allylic oxidation sites excluding steroid dienone is 3. The molecule has 1 rings (SSSR count). The van der Waals surface area contributed by atoms with Crippen molar-refractivity contribution in [3.63, 3.8) is 0 Å². The van der Waals surface area contributed by atoms with Gasteiger partial charge in [-0.25, -0.2) is 4.79 Å². The molecule has 0 saturated carbocycles. The van der Waals surface area contributed by atoms with Gasteiger partial charge in [0, 0.05) is 18.3 Å². The van der Waals surface area contributed by atoms with Crippen LogP contribution in [0.2, 0.25) is 0 Å². The van der Waals surface area contributed by atoms with E-state index in [1.54, 1.807) is 20.3 Å². The Bertz CT molecular complexity index is 550. The van der Waals surface area contributed by atoms with Gasteiger partial charge in [0.15, 0.2) is 11.5 Å². The number of benzene rings is 1. The summed E-state index contributed by atoms with van der Waals surface area (Å²) in [6.07, 6.45) is 5.71. The lowest BCUT2D eigenvalue weighted by Crippen LogP contribution is -2.14. The summed E-state index contributed by atoms with van der Waals surface area (Å²) in [6.45, 7) is 2.72. The van der Waals surface area contributed by atoms with Crippen LogP contribution in [0.4, 0.5) is 0 Å². The molecule has 120 valence electrons. The van der Waals surface area contributed by atoms with Gasteiger partial charge < -0.3 is 19.5 Å². The molecule has 0 amide bonds. The molecule has 0 aliphatic carbocycles. The van der Waals surface area contributed by atoms with Crippen molar-refractivity contribution in [2.45, 2.75) is 13.3 Å². The van der Waals surface area contributed by atoms with E-state index < -0.39 is 0 Å². The molecule has 1 N–H and O–H groups in total. The second-order valence-corrected chi connectivity index (χ2v) is 4.60. The average Bonchev–Trinajstić information content (AvgIpc) is 2.54. The highest BCUT2D eigenvalue weighted by molar-refractivity contribution is 5.82. The highest BCUT2D eigenvalue weighted by Gasteiger charge is 2.04. The first-order valence-electron chi connectivity index (χ1n) is 6.98. The largest absolute Gasteiger partial charge is 0.493 e. The van der Waals surface area contributed by atoms with Gasteiger partial charge in [0.25, 0.3) is 0 Å². The fourth-order valence-electron chi connectivity index (χ4n) is 1.84. The zero-order valence-electron chi connectivity index (χ0n) is 13.5. The van der Waals surface area contributed by atoms with Crippen molar-refractivity contribution in [1.82, 2.24) is 5.32 Å². The zero-order chi connectivity index (χ0) is 16.4. The first kappa shape index (κ1) is 17.6. The summed E-state index contributed by atoms with van der Waals surface area (Å²) in [5.41, 5.74) is 2.13. The molecule has 0 atom stereocenters. The molecule has 0 fully saturated rings. The van der Waals surface area contributed by atoms with Gasteiger partial charge in [-0.3, -0.25) is 0 Å². The molecule has 5 nitrogen and oxygen atoms in total. The van der Waals surface area contributed by atoms with Gasteiger partial charge in [-0.15, -0.1) is 0 Å². The quantitative estimate of drug-likeness (QED) is 0.454. The smallest absolute Gasteiger partial charge is 0.330 e. The summed E-state index contributed by atoms with van der Waals surface area (Å²) < 4.78 is 15.0. The third-order valence-corrected chi connectivity index (χ3v) is 3.05. The third-order valence-electron chi connectivity index (χ3n) is 3.05. The lowest BCUT2D eigenvalue weighted by molar-refractivity contribution is -0.134. The van der Waals surface area contributed by atoms with Gasteiger partial charge in [-0.1, -0.05) is 12.1 Å². The maximum atomic E-state index is 10.9. The zero-order valence-corrected chi connectivity index (χ0v) is 13.5. The normalized spacial score (nSPS) is 11.4. The molecular formula is C17H23NO4. The summed E-state index contributed by atoms with van der Waals surface area (Å²) in [4.78, 5) is 10.9. The number of ether oxygens (including phenoxy) is 3. The Balaban J connectivity index is 2.48. The van der Waals surface area contributed by atoms with Crippen LogP contribution >= 0.6 is 0 Å². The van der Waals surface area contributed by atoms with Crippen molar-refractivity contribution in [1.29, 1.82) is 0 Å². The molecule has 0 unspecified atom stereocenters. The number of rotatable bonds is 8. The van der Waals surface area contributed by atoms with Crippen molar-refractivity contribution >= 4 is 5.97 Å². The average molecular weight is 305 g/mol. The molecule has 1 aromatic rings. The Morgan fingerprint density at radius 3 is 2.55 bits per heavy atom. The van der Waals surface area contributed by atoms with Crippen LogP contribution in [-0.2, 0) is 16.0 Å².